The number of halogens is 1. The van der Waals surface area contributed by atoms with E-state index in [2.05, 4.69) is 0 Å². The van der Waals surface area contributed by atoms with Gasteiger partial charge in [-0.05, 0) is 18.5 Å². The molecule has 17 heavy (non-hydrogen) atoms. The van der Waals surface area contributed by atoms with E-state index in [9.17, 15) is 4.79 Å². The Bertz CT molecular complexity index is 592. The molecule has 3 nitrogen and oxygen atoms in total. The molecule has 0 amide bonds. The predicted molar refractivity (Wildman–Crippen MR) is 71.5 cm³/mol. The molecule has 0 aliphatic rings. The molecule has 1 aromatic carbocycles. The number of nitrogens with zero attached hydrogens (tertiary/aromatic N) is 1. The number of aryl methyl sites for hydroxylation is 1. The molecule has 2 aromatic rings. The molecule has 0 saturated carbocycles. The van der Waals surface area contributed by atoms with Crippen LogP contribution >= 0.6 is 11.6 Å². The van der Waals surface area contributed by atoms with E-state index in [0.29, 0.717) is 10.6 Å². The van der Waals surface area contributed by atoms with Crippen LogP contribution in [0.3, 0.4) is 0 Å². The average Bonchev–Trinajstić information content (AvgIpc) is 2.63. The van der Waals surface area contributed by atoms with Gasteiger partial charge in [0.05, 0.1) is 23.2 Å². The lowest BCUT2D eigenvalue weighted by Crippen LogP contribution is -2.07. The first-order valence-corrected chi connectivity index (χ1v) is 5.83. The summed E-state index contributed by atoms with van der Waals surface area (Å²) < 4.78 is 6.84. The third-order valence-corrected chi connectivity index (χ3v) is 3.34. The molecule has 0 fully saturated rings. The summed E-state index contributed by atoms with van der Waals surface area (Å²) in [5.41, 5.74) is 2.48. The quantitative estimate of drug-likeness (QED) is 0.600. The fourth-order valence-electron chi connectivity index (χ4n) is 2.23. The zero-order chi connectivity index (χ0) is 12.6. The topological polar surface area (TPSA) is 31.2 Å². The molecule has 0 aliphatic carbocycles. The maximum atomic E-state index is 11.9. The van der Waals surface area contributed by atoms with Crippen molar-refractivity contribution in [1.29, 1.82) is 0 Å². The van der Waals surface area contributed by atoms with Crippen molar-refractivity contribution in [3.63, 3.8) is 0 Å². The molecule has 0 spiro atoms. The second kappa shape index (κ2) is 4.45. The first-order valence-electron chi connectivity index (χ1n) is 5.45. The van der Waals surface area contributed by atoms with Crippen molar-refractivity contribution in [2.24, 2.45) is 7.05 Å². The first-order chi connectivity index (χ1) is 8.11. The fraction of sp³-hybridized carbons (Fsp3) is 0.250. The zero-order valence-corrected chi connectivity index (χ0v) is 10.8. The van der Waals surface area contributed by atoms with E-state index in [0.717, 1.165) is 22.9 Å². The highest BCUT2D eigenvalue weighted by molar-refractivity contribution is 6.37. The van der Waals surface area contributed by atoms with Gasteiger partial charge in [-0.25, -0.2) is 4.79 Å². The number of esters is 1. The van der Waals surface area contributed by atoms with Gasteiger partial charge in [0, 0.05) is 18.1 Å². The minimum absolute atomic E-state index is 0.333. The van der Waals surface area contributed by atoms with Crippen LogP contribution in [-0.2, 0) is 18.1 Å². The molecule has 1 aromatic heterocycles. The highest BCUT2D eigenvalue weighted by atomic mass is 35.5. The van der Waals surface area contributed by atoms with Gasteiger partial charge in [-0.15, -0.1) is 0 Å². The van der Waals surface area contributed by atoms with Crippen molar-refractivity contribution >= 4 is 36.3 Å². The Kier molecular flexibility index (Phi) is 3.16. The number of aromatic nitrogens is 1. The Labute approximate surface area is 106 Å². The van der Waals surface area contributed by atoms with Gasteiger partial charge in [-0.3, -0.25) is 0 Å². The van der Waals surface area contributed by atoms with E-state index < -0.39 is 0 Å². The Hall–Kier alpha value is -1.42. The minimum atomic E-state index is -0.333. The number of carbonyl (C=O) groups is 1. The number of ether oxygens (including phenoxy) is 1. The summed E-state index contributed by atoms with van der Waals surface area (Å²) in [6.45, 7) is 0. The molecule has 0 N–H and O–H groups in total. The van der Waals surface area contributed by atoms with E-state index in [-0.39, 0.29) is 5.97 Å². The lowest BCUT2D eigenvalue weighted by Gasteiger charge is -2.03. The minimum Gasteiger partial charge on any atom is -0.465 e. The van der Waals surface area contributed by atoms with Crippen molar-refractivity contribution in [2.45, 2.75) is 6.32 Å². The third kappa shape index (κ3) is 1.73. The molecular formula is C12H13BClNO2. The van der Waals surface area contributed by atoms with E-state index in [1.54, 1.807) is 6.07 Å². The zero-order valence-electron chi connectivity index (χ0n) is 10.1. The molecule has 0 bridgehead atoms. The number of fused-ring (bicyclic) bond motifs is 1. The molecule has 0 atom stereocenters. The normalized spacial score (nSPS) is 10.8. The van der Waals surface area contributed by atoms with Crippen LogP contribution in [0.5, 0.6) is 0 Å². The summed E-state index contributed by atoms with van der Waals surface area (Å²) in [5, 5.41) is 1.36. The van der Waals surface area contributed by atoms with Crippen LogP contribution in [0.25, 0.3) is 10.9 Å². The number of hydrogen-bond acceptors (Lipinski definition) is 2. The summed E-state index contributed by atoms with van der Waals surface area (Å²) in [4.78, 5) is 11.9. The third-order valence-electron chi connectivity index (χ3n) is 3.02. The maximum Gasteiger partial charge on any atom is 0.340 e. The number of methoxy groups -OCH3 is 1. The van der Waals surface area contributed by atoms with Crippen molar-refractivity contribution in [2.75, 3.05) is 7.11 Å². The maximum absolute atomic E-state index is 11.9. The predicted octanol–water partition coefficient (Wildman–Crippen LogP) is 1.75. The Balaban J connectivity index is 2.91. The smallest absolute Gasteiger partial charge is 0.340 e. The van der Waals surface area contributed by atoms with Gasteiger partial charge in [-0.2, -0.15) is 0 Å². The molecule has 5 heteroatoms. The lowest BCUT2D eigenvalue weighted by molar-refractivity contribution is 0.0601. The molecule has 0 radical (unpaired) electrons. The van der Waals surface area contributed by atoms with E-state index in [1.807, 2.05) is 31.6 Å². The molecule has 1 heterocycles. The van der Waals surface area contributed by atoms with E-state index in [4.69, 9.17) is 16.3 Å². The Morgan fingerprint density at radius 3 is 2.82 bits per heavy atom. The molecular weight excluding hydrogens is 236 g/mol. The summed E-state index contributed by atoms with van der Waals surface area (Å²) >= 11 is 6.18. The molecule has 0 unspecified atom stereocenters. The Morgan fingerprint density at radius 2 is 2.24 bits per heavy atom. The van der Waals surface area contributed by atoms with Gasteiger partial charge < -0.3 is 9.30 Å². The number of rotatable bonds is 2. The summed E-state index contributed by atoms with van der Waals surface area (Å²) in [5.74, 6) is -0.333. The SMILES string of the molecule is BCc1c(C(=O)OC)c2c(Cl)cccc2n1C. The van der Waals surface area contributed by atoms with Crippen LogP contribution in [0.2, 0.25) is 5.02 Å². The number of hydrogen-bond donors (Lipinski definition) is 0. The van der Waals surface area contributed by atoms with Gasteiger partial charge >= 0.3 is 5.97 Å². The van der Waals surface area contributed by atoms with Crippen molar-refractivity contribution in [1.82, 2.24) is 4.57 Å². The first kappa shape index (κ1) is 12.1. The van der Waals surface area contributed by atoms with E-state index in [1.165, 1.54) is 7.11 Å². The fourth-order valence-corrected chi connectivity index (χ4v) is 2.50. The number of benzene rings is 1. The van der Waals surface area contributed by atoms with Crippen LogP contribution < -0.4 is 0 Å². The summed E-state index contributed by atoms with van der Waals surface area (Å²) in [6, 6.07) is 5.62. The van der Waals surface area contributed by atoms with Crippen LogP contribution in [0.1, 0.15) is 16.1 Å². The van der Waals surface area contributed by atoms with Crippen LogP contribution in [0.15, 0.2) is 18.2 Å². The van der Waals surface area contributed by atoms with Gasteiger partial charge in [0.1, 0.15) is 7.85 Å². The second-order valence-corrected chi connectivity index (χ2v) is 4.27. The van der Waals surface area contributed by atoms with Crippen molar-refractivity contribution in [3.8, 4) is 0 Å². The molecule has 0 saturated heterocycles. The molecule has 2 rings (SSSR count). The Morgan fingerprint density at radius 1 is 1.53 bits per heavy atom. The molecule has 88 valence electrons. The van der Waals surface area contributed by atoms with Gasteiger partial charge in [0.2, 0.25) is 0 Å². The lowest BCUT2D eigenvalue weighted by atomic mass is 9.98. The van der Waals surface area contributed by atoms with Gasteiger partial charge in [0.15, 0.2) is 0 Å². The van der Waals surface area contributed by atoms with Crippen LogP contribution in [-0.4, -0.2) is 25.5 Å². The molecule has 0 aliphatic heterocycles. The van der Waals surface area contributed by atoms with Crippen LogP contribution in [0.4, 0.5) is 0 Å². The standard InChI is InChI=1S/C12H13BClNO2/c1-15-8-5-3-4-7(14)10(8)11(9(15)6-13)12(16)17-2/h3-5H,6,13H2,1-2H3. The average molecular weight is 250 g/mol. The monoisotopic (exact) mass is 249 g/mol. The van der Waals surface area contributed by atoms with Crippen LogP contribution in [0, 0.1) is 0 Å². The number of carbonyl (C=O) groups excluding carboxylic acids is 1. The summed E-state index contributed by atoms with van der Waals surface area (Å²) in [6.07, 6.45) is 0.756. The van der Waals surface area contributed by atoms with Gasteiger partial charge in [-0.1, -0.05) is 17.7 Å². The van der Waals surface area contributed by atoms with Gasteiger partial charge in [0.25, 0.3) is 0 Å². The second-order valence-electron chi connectivity index (χ2n) is 3.86. The highest BCUT2D eigenvalue weighted by Gasteiger charge is 2.22. The van der Waals surface area contributed by atoms with E-state index >= 15 is 0 Å². The highest BCUT2D eigenvalue weighted by Crippen LogP contribution is 2.31. The summed E-state index contributed by atoms with van der Waals surface area (Å²) in [7, 11) is 5.33. The van der Waals surface area contributed by atoms with Crippen molar-refractivity contribution < 1.29 is 9.53 Å². The largest absolute Gasteiger partial charge is 0.465 e. The van der Waals surface area contributed by atoms with Crippen molar-refractivity contribution in [3.05, 3.63) is 34.5 Å².